The molecule has 3 saturated heterocycles. The Morgan fingerprint density at radius 2 is 1.66 bits per heavy atom. The number of hydrogen-bond donors (Lipinski definition) is 1. The highest BCUT2D eigenvalue weighted by molar-refractivity contribution is 8.01. The maximum atomic E-state index is 14.1. The monoisotopic (exact) mass is 702 g/mol. The van der Waals surface area contributed by atoms with E-state index in [4.69, 9.17) is 0 Å². The van der Waals surface area contributed by atoms with E-state index < -0.39 is 5.25 Å². The molecule has 4 aliphatic heterocycles. The van der Waals surface area contributed by atoms with Crippen molar-refractivity contribution in [2.45, 2.75) is 83.4 Å². The van der Waals surface area contributed by atoms with Crippen molar-refractivity contribution in [2.24, 2.45) is 11.3 Å². The molecule has 270 valence electrons. The van der Waals surface area contributed by atoms with Crippen LogP contribution in [0.5, 0.6) is 0 Å². The summed E-state index contributed by atoms with van der Waals surface area (Å²) in [6, 6.07) is 15.9. The number of para-hydroxylation sites is 2. The van der Waals surface area contributed by atoms with Gasteiger partial charge in [0.2, 0.25) is 17.7 Å². The number of amides is 5. The summed E-state index contributed by atoms with van der Waals surface area (Å²) >= 11 is 1.55. The highest BCUT2D eigenvalue weighted by Gasteiger charge is 2.44. The molecule has 0 aromatic heterocycles. The number of rotatable bonds is 9. The van der Waals surface area contributed by atoms with Gasteiger partial charge in [0.15, 0.2) is 0 Å². The first-order valence-electron chi connectivity index (χ1n) is 18.4. The fourth-order valence-electron chi connectivity index (χ4n) is 7.69. The van der Waals surface area contributed by atoms with Crippen LogP contribution in [-0.4, -0.2) is 107 Å². The smallest absolute Gasteiger partial charge is 0.322 e. The van der Waals surface area contributed by atoms with Crippen molar-refractivity contribution in [3.63, 3.8) is 0 Å². The Morgan fingerprint density at radius 3 is 2.38 bits per heavy atom. The van der Waals surface area contributed by atoms with E-state index >= 15 is 0 Å². The molecule has 1 N–H and O–H groups in total. The van der Waals surface area contributed by atoms with Crippen LogP contribution in [0.1, 0.15) is 76.8 Å². The van der Waals surface area contributed by atoms with Gasteiger partial charge in [-0.3, -0.25) is 19.3 Å². The zero-order valence-corrected chi connectivity index (χ0v) is 31.2. The molecular weight excluding hydrogens is 649 g/mol. The highest BCUT2D eigenvalue weighted by atomic mass is 32.2. The fourth-order valence-corrected chi connectivity index (χ4v) is 9.20. The Hall–Kier alpha value is -3.57. The van der Waals surface area contributed by atoms with E-state index in [1.807, 2.05) is 62.1 Å². The van der Waals surface area contributed by atoms with Gasteiger partial charge in [0, 0.05) is 75.2 Å². The van der Waals surface area contributed by atoms with E-state index in [-0.39, 0.29) is 47.0 Å². The van der Waals surface area contributed by atoms with Gasteiger partial charge in [-0.2, -0.15) is 0 Å². The molecule has 3 fully saturated rings. The lowest BCUT2D eigenvalue weighted by Gasteiger charge is -2.38. The number of hydrogen-bond acceptors (Lipinski definition) is 6. The Bertz CT molecular complexity index is 1570. The Labute approximate surface area is 301 Å². The Balaban J connectivity index is 1.12. The van der Waals surface area contributed by atoms with Gasteiger partial charge in [0.25, 0.3) is 0 Å². The maximum absolute atomic E-state index is 14.1. The summed E-state index contributed by atoms with van der Waals surface area (Å²) < 4.78 is 0. The minimum Gasteiger partial charge on any atom is -0.342 e. The lowest BCUT2D eigenvalue weighted by Crippen LogP contribution is -2.51. The number of nitrogens with one attached hydrogen (secondary N) is 1. The standard InChI is InChI=1S/C39H54N6O4S/c1-27(2)25-41-22-23-44(35(47)26-41)32-13-9-7-11-30(32)37-45(21-17-39(3,4)5)36(48)33(50-37)24-34(46)42-18-15-29(16-19-42)43-20-14-28-10-6-8-12-31(28)40-38(43)49/h6-13,27,29,33,37H,14-26H2,1-5H3,(H,40,49)/t33-,37+/m0/s1. The van der Waals surface area contributed by atoms with Gasteiger partial charge in [-0.1, -0.05) is 71.0 Å². The predicted molar refractivity (Wildman–Crippen MR) is 200 cm³/mol. The molecule has 10 nitrogen and oxygen atoms in total. The van der Waals surface area contributed by atoms with Gasteiger partial charge in [0.05, 0.1) is 11.8 Å². The second-order valence-electron chi connectivity index (χ2n) is 15.9. The van der Waals surface area contributed by atoms with E-state index in [2.05, 4.69) is 50.9 Å². The number of anilines is 2. The van der Waals surface area contributed by atoms with Gasteiger partial charge in [-0.25, -0.2) is 4.79 Å². The van der Waals surface area contributed by atoms with Crippen LogP contribution in [-0.2, 0) is 20.8 Å². The first kappa shape index (κ1) is 36.2. The van der Waals surface area contributed by atoms with Crippen molar-refractivity contribution < 1.29 is 19.2 Å². The maximum Gasteiger partial charge on any atom is 0.322 e. The lowest BCUT2D eigenvalue weighted by atomic mass is 9.92. The summed E-state index contributed by atoms with van der Waals surface area (Å²) in [5, 5.41) is 2.30. The molecule has 0 unspecified atom stereocenters. The van der Waals surface area contributed by atoms with E-state index in [1.54, 1.807) is 11.8 Å². The van der Waals surface area contributed by atoms with Gasteiger partial charge >= 0.3 is 6.03 Å². The van der Waals surface area contributed by atoms with Crippen LogP contribution < -0.4 is 10.2 Å². The quantitative estimate of drug-likeness (QED) is 0.353. The van der Waals surface area contributed by atoms with Crippen LogP contribution in [0.4, 0.5) is 16.2 Å². The fraction of sp³-hybridized carbons (Fsp3) is 0.590. The van der Waals surface area contributed by atoms with Crippen LogP contribution in [0, 0.1) is 11.3 Å². The summed E-state index contributed by atoms with van der Waals surface area (Å²) in [5.41, 5.74) is 3.87. The third-order valence-corrected chi connectivity index (χ3v) is 11.9. The molecule has 0 saturated carbocycles. The molecule has 2 aromatic rings. The zero-order chi connectivity index (χ0) is 35.6. The first-order chi connectivity index (χ1) is 23.9. The summed E-state index contributed by atoms with van der Waals surface area (Å²) in [5.74, 6) is 0.556. The van der Waals surface area contributed by atoms with Crippen LogP contribution in [0.25, 0.3) is 0 Å². The van der Waals surface area contributed by atoms with Crippen LogP contribution in [0.3, 0.4) is 0 Å². The van der Waals surface area contributed by atoms with E-state index in [1.165, 1.54) is 0 Å². The van der Waals surface area contributed by atoms with Crippen molar-refractivity contribution in [1.82, 2.24) is 19.6 Å². The third-order valence-electron chi connectivity index (χ3n) is 10.4. The van der Waals surface area contributed by atoms with Crippen LogP contribution >= 0.6 is 11.8 Å². The molecule has 50 heavy (non-hydrogen) atoms. The largest absolute Gasteiger partial charge is 0.342 e. The predicted octanol–water partition coefficient (Wildman–Crippen LogP) is 5.84. The van der Waals surface area contributed by atoms with Gasteiger partial charge in [-0.15, -0.1) is 11.8 Å². The number of fused-ring (bicyclic) bond motifs is 1. The number of carbonyl (C=O) groups excluding carboxylic acids is 4. The number of urea groups is 1. The van der Waals surface area contributed by atoms with Crippen molar-refractivity contribution in [2.75, 3.05) is 62.6 Å². The molecule has 0 aliphatic carbocycles. The zero-order valence-electron chi connectivity index (χ0n) is 30.4. The SMILES string of the molecule is CC(C)CN1CCN(c2ccccc2[C@H]2S[C@@H](CC(=O)N3CCC(N4CCc5ccccc5NC4=O)CC3)C(=O)N2CCC(C)(C)C)C(=O)C1. The van der Waals surface area contributed by atoms with E-state index in [0.29, 0.717) is 58.0 Å². The molecule has 2 aromatic carbocycles. The summed E-state index contributed by atoms with van der Waals surface area (Å²) in [6.45, 7) is 16.0. The molecule has 2 atom stereocenters. The summed E-state index contributed by atoms with van der Waals surface area (Å²) in [4.78, 5) is 64.4. The van der Waals surface area contributed by atoms with Crippen molar-refractivity contribution in [3.05, 3.63) is 59.7 Å². The van der Waals surface area contributed by atoms with Crippen molar-refractivity contribution >= 4 is 46.9 Å². The molecular formula is C39H54N6O4S. The average Bonchev–Trinajstić information content (AvgIpc) is 3.27. The molecule has 0 radical (unpaired) electrons. The summed E-state index contributed by atoms with van der Waals surface area (Å²) in [7, 11) is 0. The highest BCUT2D eigenvalue weighted by Crippen LogP contribution is 2.48. The Morgan fingerprint density at radius 1 is 0.940 bits per heavy atom. The number of benzene rings is 2. The molecule has 5 amide bonds. The number of nitrogens with zero attached hydrogens (tertiary/aromatic N) is 5. The molecule has 4 aliphatic rings. The molecule has 6 rings (SSSR count). The Kier molecular flexibility index (Phi) is 11.1. The van der Waals surface area contributed by atoms with Gasteiger partial charge < -0.3 is 24.9 Å². The minimum absolute atomic E-state index is 0.00354. The second kappa shape index (κ2) is 15.4. The van der Waals surface area contributed by atoms with Gasteiger partial charge in [-0.05, 0) is 54.7 Å². The van der Waals surface area contributed by atoms with Crippen molar-refractivity contribution in [1.29, 1.82) is 0 Å². The van der Waals surface area contributed by atoms with E-state index in [0.717, 1.165) is 48.4 Å². The van der Waals surface area contributed by atoms with Crippen molar-refractivity contribution in [3.8, 4) is 0 Å². The van der Waals surface area contributed by atoms with Gasteiger partial charge in [0.1, 0.15) is 5.37 Å². The van der Waals surface area contributed by atoms with Crippen LogP contribution in [0.2, 0.25) is 0 Å². The molecule has 0 spiro atoms. The first-order valence-corrected chi connectivity index (χ1v) is 19.3. The lowest BCUT2D eigenvalue weighted by molar-refractivity contribution is -0.137. The van der Waals surface area contributed by atoms with E-state index in [9.17, 15) is 19.2 Å². The number of likely N-dealkylation sites (tertiary alicyclic amines) is 1. The number of piperazine rings is 1. The average molecular weight is 703 g/mol. The minimum atomic E-state index is -0.494. The number of thioether (sulfide) groups is 1. The topological polar surface area (TPSA) is 96.5 Å². The summed E-state index contributed by atoms with van der Waals surface area (Å²) in [6.07, 6.45) is 3.20. The molecule has 4 heterocycles. The molecule has 0 bridgehead atoms. The molecule has 11 heteroatoms. The normalized spacial score (nSPS) is 22.6. The third kappa shape index (κ3) is 8.31. The van der Waals surface area contributed by atoms with Crippen LogP contribution in [0.15, 0.2) is 48.5 Å². The number of carbonyl (C=O) groups is 4. The number of piperidine rings is 1. The second-order valence-corrected chi connectivity index (χ2v) is 17.2.